The summed E-state index contributed by atoms with van der Waals surface area (Å²) in [7, 11) is 0. The molecule has 2 N–H and O–H groups in total. The van der Waals surface area contributed by atoms with Crippen LogP contribution in [-0.4, -0.2) is 34.5 Å². The number of nitrogens with zero attached hydrogens (tertiary/aromatic N) is 2. The van der Waals surface area contributed by atoms with E-state index in [2.05, 4.69) is 20.8 Å². The number of aromatic nitrogens is 2. The van der Waals surface area contributed by atoms with Gasteiger partial charge in [0.1, 0.15) is 17.4 Å². The number of benzene rings is 1. The monoisotopic (exact) mass is 332 g/mol. The zero-order valence-electron chi connectivity index (χ0n) is 13.4. The first-order chi connectivity index (χ1) is 11.5. The van der Waals surface area contributed by atoms with Gasteiger partial charge in [-0.05, 0) is 32.8 Å². The second-order valence-corrected chi connectivity index (χ2v) is 5.66. The number of hydrogen-bond acceptors (Lipinski definition) is 5. The molecule has 0 aliphatic carbocycles. The van der Waals surface area contributed by atoms with Gasteiger partial charge in [-0.15, -0.1) is 0 Å². The van der Waals surface area contributed by atoms with Crippen molar-refractivity contribution < 1.29 is 18.7 Å². The number of carbonyl (C=O) groups excluding carboxylic acids is 2. The van der Waals surface area contributed by atoms with E-state index in [0.717, 1.165) is 12.5 Å². The molecule has 0 spiro atoms. The van der Waals surface area contributed by atoms with Crippen molar-refractivity contribution >= 4 is 22.8 Å². The highest BCUT2D eigenvalue weighted by Gasteiger charge is 2.24. The normalized spacial score (nSPS) is 17.0. The number of ether oxygens (including phenoxy) is 1. The summed E-state index contributed by atoms with van der Waals surface area (Å²) in [6, 6.07) is 2.29. The van der Waals surface area contributed by atoms with Crippen molar-refractivity contribution in [3.8, 4) is 0 Å². The van der Waals surface area contributed by atoms with E-state index in [4.69, 9.17) is 4.74 Å². The Kier molecular flexibility index (Phi) is 4.39. The molecule has 1 atom stereocenters. The summed E-state index contributed by atoms with van der Waals surface area (Å²) in [5.41, 5.74) is 6.45. The average molecular weight is 332 g/mol. The molecule has 0 radical (unpaired) electrons. The molecule has 0 bridgehead atoms. The standard InChI is InChI=1S/C16H17FN4O3/c1-8-9(2)19-14-11(6-10(17)7-12(14)18-8)15(22)20-21-16(23)13-4-3-5-24-13/h6-7,13H,3-5H2,1-2H3,(H,20,22)(H,21,23)/t13-/m1/s1. The van der Waals surface area contributed by atoms with E-state index in [0.29, 0.717) is 24.4 Å². The fourth-order valence-electron chi connectivity index (χ4n) is 2.52. The molecule has 8 heteroatoms. The third kappa shape index (κ3) is 3.18. The molecule has 2 heterocycles. The Hall–Kier alpha value is -2.61. The van der Waals surface area contributed by atoms with Gasteiger partial charge in [0.15, 0.2) is 0 Å². The molecule has 0 saturated carbocycles. The number of hydrogen-bond donors (Lipinski definition) is 2. The van der Waals surface area contributed by atoms with Gasteiger partial charge in [0, 0.05) is 12.7 Å². The van der Waals surface area contributed by atoms with Gasteiger partial charge in [0.2, 0.25) is 0 Å². The lowest BCUT2D eigenvalue weighted by molar-refractivity contribution is -0.130. The summed E-state index contributed by atoms with van der Waals surface area (Å²) in [5.74, 6) is -1.70. The van der Waals surface area contributed by atoms with Crippen LogP contribution in [0.4, 0.5) is 4.39 Å². The number of nitrogens with one attached hydrogen (secondary N) is 2. The largest absolute Gasteiger partial charge is 0.368 e. The summed E-state index contributed by atoms with van der Waals surface area (Å²) in [5, 5.41) is 0. The topological polar surface area (TPSA) is 93.2 Å². The fraction of sp³-hybridized carbons (Fsp3) is 0.375. The lowest BCUT2D eigenvalue weighted by Gasteiger charge is -2.12. The van der Waals surface area contributed by atoms with Crippen LogP contribution < -0.4 is 10.9 Å². The second kappa shape index (κ2) is 6.48. The summed E-state index contributed by atoms with van der Waals surface area (Å²) >= 11 is 0. The number of carbonyl (C=O) groups is 2. The Morgan fingerprint density at radius 3 is 2.67 bits per heavy atom. The van der Waals surface area contributed by atoms with Gasteiger partial charge in [-0.1, -0.05) is 0 Å². The molecule has 7 nitrogen and oxygen atoms in total. The molecule has 1 aromatic carbocycles. The van der Waals surface area contributed by atoms with Crippen molar-refractivity contribution in [1.82, 2.24) is 20.8 Å². The van der Waals surface area contributed by atoms with Crippen molar-refractivity contribution in [2.75, 3.05) is 6.61 Å². The Balaban J connectivity index is 1.83. The molecular weight excluding hydrogens is 315 g/mol. The van der Waals surface area contributed by atoms with Gasteiger partial charge in [0.05, 0.1) is 22.5 Å². The van der Waals surface area contributed by atoms with Crippen LogP contribution in [0.25, 0.3) is 11.0 Å². The maximum absolute atomic E-state index is 13.8. The molecule has 126 valence electrons. The minimum Gasteiger partial charge on any atom is -0.368 e. The molecule has 1 saturated heterocycles. The predicted octanol–water partition coefficient (Wildman–Crippen LogP) is 1.33. The summed E-state index contributed by atoms with van der Waals surface area (Å²) in [4.78, 5) is 32.7. The number of fused-ring (bicyclic) bond motifs is 1. The van der Waals surface area contributed by atoms with E-state index in [-0.39, 0.29) is 16.6 Å². The molecule has 3 rings (SSSR count). The van der Waals surface area contributed by atoms with Gasteiger partial charge in [-0.25, -0.2) is 14.4 Å². The van der Waals surface area contributed by atoms with Crippen LogP contribution in [0.1, 0.15) is 34.6 Å². The molecular formula is C16H17FN4O3. The maximum atomic E-state index is 13.8. The van der Waals surface area contributed by atoms with Crippen molar-refractivity contribution in [1.29, 1.82) is 0 Å². The number of rotatable bonds is 2. The zero-order valence-corrected chi connectivity index (χ0v) is 13.4. The lowest BCUT2D eigenvalue weighted by atomic mass is 10.1. The molecule has 1 aromatic heterocycles. The fourth-order valence-corrected chi connectivity index (χ4v) is 2.52. The predicted molar refractivity (Wildman–Crippen MR) is 83.6 cm³/mol. The number of halogens is 1. The smallest absolute Gasteiger partial charge is 0.272 e. The van der Waals surface area contributed by atoms with Gasteiger partial charge < -0.3 is 4.74 Å². The van der Waals surface area contributed by atoms with E-state index < -0.39 is 23.7 Å². The lowest BCUT2D eigenvalue weighted by Crippen LogP contribution is -2.46. The quantitative estimate of drug-likeness (QED) is 0.809. The molecule has 2 amide bonds. The average Bonchev–Trinajstić information content (AvgIpc) is 3.07. The van der Waals surface area contributed by atoms with E-state index in [1.54, 1.807) is 13.8 Å². The van der Waals surface area contributed by atoms with Gasteiger partial charge in [-0.2, -0.15) is 0 Å². The van der Waals surface area contributed by atoms with Crippen molar-refractivity contribution in [3.63, 3.8) is 0 Å². The van der Waals surface area contributed by atoms with Crippen molar-refractivity contribution in [2.24, 2.45) is 0 Å². The Bertz CT molecular complexity index is 819. The minimum atomic E-state index is -0.664. The van der Waals surface area contributed by atoms with E-state index in [9.17, 15) is 14.0 Å². The molecule has 1 aliphatic heterocycles. The third-order valence-corrected chi connectivity index (χ3v) is 3.91. The van der Waals surface area contributed by atoms with Crippen LogP contribution >= 0.6 is 0 Å². The van der Waals surface area contributed by atoms with Crippen molar-refractivity contribution in [3.05, 3.63) is 34.9 Å². The molecule has 2 aromatic rings. The molecule has 1 fully saturated rings. The van der Waals surface area contributed by atoms with Crippen LogP contribution in [0.3, 0.4) is 0 Å². The van der Waals surface area contributed by atoms with Crippen LogP contribution in [0.5, 0.6) is 0 Å². The minimum absolute atomic E-state index is 0.00763. The molecule has 24 heavy (non-hydrogen) atoms. The van der Waals surface area contributed by atoms with Gasteiger partial charge in [0.25, 0.3) is 11.8 Å². The first-order valence-corrected chi connectivity index (χ1v) is 7.62. The first kappa shape index (κ1) is 16.3. The zero-order chi connectivity index (χ0) is 17.3. The highest BCUT2D eigenvalue weighted by Crippen LogP contribution is 2.19. The van der Waals surface area contributed by atoms with Crippen molar-refractivity contribution in [2.45, 2.75) is 32.8 Å². The third-order valence-electron chi connectivity index (χ3n) is 3.91. The molecule has 0 unspecified atom stereocenters. The summed E-state index contributed by atoms with van der Waals surface area (Å²) in [6.07, 6.45) is 0.836. The van der Waals surface area contributed by atoms with Crippen LogP contribution in [0.15, 0.2) is 12.1 Å². The highest BCUT2D eigenvalue weighted by atomic mass is 19.1. The number of aryl methyl sites for hydroxylation is 2. The van der Waals surface area contributed by atoms with E-state index >= 15 is 0 Å². The Morgan fingerprint density at radius 1 is 1.21 bits per heavy atom. The summed E-state index contributed by atoms with van der Waals surface area (Å²) in [6.45, 7) is 4.04. The van der Waals surface area contributed by atoms with Gasteiger partial charge in [-0.3, -0.25) is 20.4 Å². The SMILES string of the molecule is Cc1nc2cc(F)cc(C(=O)NNC(=O)[C@H]3CCCO3)c2nc1C. The van der Waals surface area contributed by atoms with Gasteiger partial charge >= 0.3 is 0 Å². The summed E-state index contributed by atoms with van der Waals surface area (Å²) < 4.78 is 19.0. The maximum Gasteiger partial charge on any atom is 0.272 e. The van der Waals surface area contributed by atoms with Crippen LogP contribution in [0.2, 0.25) is 0 Å². The highest BCUT2D eigenvalue weighted by molar-refractivity contribution is 6.05. The Labute approximate surface area is 137 Å². The van der Waals surface area contributed by atoms with E-state index in [1.165, 1.54) is 6.07 Å². The first-order valence-electron chi connectivity index (χ1n) is 7.62. The second-order valence-electron chi connectivity index (χ2n) is 5.66. The van der Waals surface area contributed by atoms with Crippen LogP contribution in [0, 0.1) is 19.7 Å². The number of amides is 2. The van der Waals surface area contributed by atoms with E-state index in [1.807, 2.05) is 0 Å². The Morgan fingerprint density at radius 2 is 1.96 bits per heavy atom. The van der Waals surface area contributed by atoms with Crippen LogP contribution in [-0.2, 0) is 9.53 Å². The number of hydrazine groups is 1. The molecule has 1 aliphatic rings.